The van der Waals surface area contributed by atoms with Crippen molar-refractivity contribution in [3.8, 4) is 16.9 Å². The lowest BCUT2D eigenvalue weighted by Gasteiger charge is -2.04. The molecule has 1 saturated carbocycles. The number of methoxy groups -OCH3 is 1. The van der Waals surface area contributed by atoms with Crippen LogP contribution in [0.1, 0.15) is 18.6 Å². The first-order valence-electron chi connectivity index (χ1n) is 6.16. The largest absolute Gasteiger partial charge is 0.497 e. The van der Waals surface area contributed by atoms with Gasteiger partial charge in [-0.2, -0.15) is 0 Å². The number of hydrogen-bond donors (Lipinski definition) is 1. The maximum atomic E-state index is 5.92. The van der Waals surface area contributed by atoms with Gasteiger partial charge in [0.2, 0.25) is 0 Å². The molecule has 0 amide bonds. The Balaban J connectivity index is 2.00. The average Bonchev–Trinajstić information content (AvgIpc) is 3.13. The molecule has 1 heterocycles. The van der Waals surface area contributed by atoms with Crippen LogP contribution in [-0.2, 0) is 6.42 Å². The van der Waals surface area contributed by atoms with Gasteiger partial charge in [-0.25, -0.2) is 0 Å². The molecule has 0 aliphatic heterocycles. The van der Waals surface area contributed by atoms with E-state index in [1.54, 1.807) is 7.11 Å². The minimum atomic E-state index is 0.457. The van der Waals surface area contributed by atoms with Crippen LogP contribution in [0.25, 0.3) is 11.1 Å². The zero-order chi connectivity index (χ0) is 12.5. The molecule has 1 aromatic carbocycles. The third kappa shape index (κ3) is 2.06. The van der Waals surface area contributed by atoms with E-state index in [2.05, 4.69) is 5.16 Å². The Hall–Kier alpha value is -1.97. The molecule has 3 rings (SSSR count). The van der Waals surface area contributed by atoms with Crippen LogP contribution in [0.2, 0.25) is 0 Å². The fourth-order valence-corrected chi connectivity index (χ4v) is 2.15. The van der Waals surface area contributed by atoms with Crippen molar-refractivity contribution < 1.29 is 9.26 Å². The van der Waals surface area contributed by atoms with Gasteiger partial charge in [0.25, 0.3) is 0 Å². The normalized spacial score (nSPS) is 14.7. The second-order valence-electron chi connectivity index (χ2n) is 4.75. The molecule has 18 heavy (non-hydrogen) atoms. The summed E-state index contributed by atoms with van der Waals surface area (Å²) in [5.74, 6) is 2.90. The van der Waals surface area contributed by atoms with Crippen molar-refractivity contribution in [1.29, 1.82) is 0 Å². The summed E-state index contributed by atoms with van der Waals surface area (Å²) >= 11 is 0. The fraction of sp³-hybridized carbons (Fsp3) is 0.357. The first-order chi connectivity index (χ1) is 8.78. The molecule has 0 bridgehead atoms. The first kappa shape index (κ1) is 11.1. The first-order valence-corrected chi connectivity index (χ1v) is 6.16. The van der Waals surface area contributed by atoms with Gasteiger partial charge in [0.1, 0.15) is 11.5 Å². The van der Waals surface area contributed by atoms with Gasteiger partial charge in [-0.15, -0.1) is 0 Å². The highest BCUT2D eigenvalue weighted by Crippen LogP contribution is 2.38. The van der Waals surface area contributed by atoms with Crippen molar-refractivity contribution in [2.24, 2.45) is 5.92 Å². The molecule has 2 N–H and O–H groups in total. The van der Waals surface area contributed by atoms with E-state index in [1.165, 1.54) is 12.8 Å². The summed E-state index contributed by atoms with van der Waals surface area (Å²) in [6, 6.07) is 7.82. The van der Waals surface area contributed by atoms with Crippen LogP contribution in [0, 0.1) is 5.92 Å². The average molecular weight is 244 g/mol. The van der Waals surface area contributed by atoms with E-state index >= 15 is 0 Å². The van der Waals surface area contributed by atoms with E-state index < -0.39 is 0 Å². The van der Waals surface area contributed by atoms with E-state index in [1.807, 2.05) is 24.3 Å². The van der Waals surface area contributed by atoms with E-state index in [4.69, 9.17) is 15.0 Å². The van der Waals surface area contributed by atoms with Crippen LogP contribution in [0.5, 0.6) is 5.75 Å². The molecule has 94 valence electrons. The van der Waals surface area contributed by atoms with Crippen molar-refractivity contribution >= 4 is 5.82 Å². The third-order valence-corrected chi connectivity index (χ3v) is 3.32. The molecule has 2 aromatic rings. The number of nitrogens with two attached hydrogens (primary N) is 1. The Morgan fingerprint density at radius 1 is 1.44 bits per heavy atom. The van der Waals surface area contributed by atoms with Gasteiger partial charge in [0, 0.05) is 6.42 Å². The van der Waals surface area contributed by atoms with E-state index in [-0.39, 0.29) is 0 Å². The smallest absolute Gasteiger partial charge is 0.175 e. The Morgan fingerprint density at radius 3 is 3.00 bits per heavy atom. The summed E-state index contributed by atoms with van der Waals surface area (Å²) in [5, 5.41) is 3.89. The molecular weight excluding hydrogens is 228 g/mol. The van der Waals surface area contributed by atoms with Crippen LogP contribution < -0.4 is 10.5 Å². The topological polar surface area (TPSA) is 61.3 Å². The predicted octanol–water partition coefficient (Wildman–Crippen LogP) is 2.88. The zero-order valence-corrected chi connectivity index (χ0v) is 10.3. The van der Waals surface area contributed by atoms with Gasteiger partial charge in [0.05, 0.1) is 12.7 Å². The second kappa shape index (κ2) is 4.37. The molecule has 1 fully saturated rings. The van der Waals surface area contributed by atoms with Crippen molar-refractivity contribution in [3.63, 3.8) is 0 Å². The lowest BCUT2D eigenvalue weighted by molar-refractivity contribution is 0.381. The molecule has 1 aliphatic carbocycles. The van der Waals surface area contributed by atoms with Crippen LogP contribution >= 0.6 is 0 Å². The monoisotopic (exact) mass is 244 g/mol. The molecule has 1 aliphatic rings. The number of ether oxygens (including phenoxy) is 1. The summed E-state index contributed by atoms with van der Waals surface area (Å²) in [4.78, 5) is 0. The Labute approximate surface area is 106 Å². The summed E-state index contributed by atoms with van der Waals surface area (Å²) < 4.78 is 10.6. The molecule has 4 heteroatoms. The molecule has 0 saturated heterocycles. The van der Waals surface area contributed by atoms with Gasteiger partial charge in [-0.05, 0) is 36.5 Å². The van der Waals surface area contributed by atoms with Crippen LogP contribution in [0.15, 0.2) is 28.8 Å². The number of nitrogen functional groups attached to an aromatic ring is 1. The van der Waals surface area contributed by atoms with Gasteiger partial charge in [0.15, 0.2) is 5.82 Å². The van der Waals surface area contributed by atoms with Crippen molar-refractivity contribution in [1.82, 2.24) is 5.16 Å². The lowest BCUT2D eigenvalue weighted by Crippen LogP contribution is -1.92. The highest BCUT2D eigenvalue weighted by molar-refractivity contribution is 5.76. The number of benzene rings is 1. The van der Waals surface area contributed by atoms with Crippen LogP contribution in [-0.4, -0.2) is 12.3 Å². The van der Waals surface area contributed by atoms with Gasteiger partial charge in [-0.3, -0.25) is 0 Å². The SMILES string of the molecule is COc1cccc(-c2c(N)noc2CC2CC2)c1. The fourth-order valence-electron chi connectivity index (χ4n) is 2.15. The van der Waals surface area contributed by atoms with Crippen molar-refractivity contribution in [3.05, 3.63) is 30.0 Å². The van der Waals surface area contributed by atoms with Crippen LogP contribution in [0.3, 0.4) is 0 Å². The standard InChI is InChI=1S/C14H16N2O2/c1-17-11-4-2-3-10(8-11)13-12(7-9-5-6-9)18-16-14(13)15/h2-4,8-9H,5-7H2,1H3,(H2,15,16). The van der Waals surface area contributed by atoms with Crippen molar-refractivity contribution in [2.75, 3.05) is 12.8 Å². The van der Waals surface area contributed by atoms with Gasteiger partial charge < -0.3 is 15.0 Å². The Bertz CT molecular complexity index is 559. The Kier molecular flexibility index (Phi) is 2.70. The predicted molar refractivity (Wildman–Crippen MR) is 69.3 cm³/mol. The molecule has 1 aromatic heterocycles. The van der Waals surface area contributed by atoms with E-state index in [0.717, 1.165) is 35.0 Å². The second-order valence-corrected chi connectivity index (χ2v) is 4.75. The molecule has 0 spiro atoms. The number of anilines is 1. The number of aromatic nitrogens is 1. The minimum Gasteiger partial charge on any atom is -0.497 e. The van der Waals surface area contributed by atoms with Gasteiger partial charge >= 0.3 is 0 Å². The highest BCUT2D eigenvalue weighted by Gasteiger charge is 2.26. The molecule has 0 unspecified atom stereocenters. The maximum absolute atomic E-state index is 5.92. The lowest BCUT2D eigenvalue weighted by atomic mass is 10.0. The maximum Gasteiger partial charge on any atom is 0.175 e. The highest BCUT2D eigenvalue weighted by atomic mass is 16.5. The van der Waals surface area contributed by atoms with Gasteiger partial charge in [-0.1, -0.05) is 17.3 Å². The number of rotatable bonds is 4. The number of hydrogen-bond acceptors (Lipinski definition) is 4. The molecule has 4 nitrogen and oxygen atoms in total. The number of nitrogens with zero attached hydrogens (tertiary/aromatic N) is 1. The summed E-state index contributed by atoms with van der Waals surface area (Å²) in [7, 11) is 1.65. The molecule has 0 atom stereocenters. The van der Waals surface area contributed by atoms with Crippen molar-refractivity contribution in [2.45, 2.75) is 19.3 Å². The third-order valence-electron chi connectivity index (χ3n) is 3.32. The summed E-state index contributed by atoms with van der Waals surface area (Å²) in [6.45, 7) is 0. The summed E-state index contributed by atoms with van der Waals surface area (Å²) in [5.41, 5.74) is 7.84. The van der Waals surface area contributed by atoms with E-state index in [9.17, 15) is 0 Å². The van der Waals surface area contributed by atoms with Crippen LogP contribution in [0.4, 0.5) is 5.82 Å². The Morgan fingerprint density at radius 2 is 2.28 bits per heavy atom. The molecule has 0 radical (unpaired) electrons. The molecular formula is C14H16N2O2. The summed E-state index contributed by atoms with van der Waals surface area (Å²) in [6.07, 6.45) is 3.48. The zero-order valence-electron chi connectivity index (χ0n) is 10.3. The quantitative estimate of drug-likeness (QED) is 0.898. The minimum absolute atomic E-state index is 0.457. The van der Waals surface area contributed by atoms with E-state index in [0.29, 0.717) is 5.82 Å².